The molecular formula is C46H55F2N13O7S. The summed E-state index contributed by atoms with van der Waals surface area (Å²) in [5.41, 5.74) is 5.93. The lowest BCUT2D eigenvalue weighted by molar-refractivity contribution is -0.380. The maximum Gasteiger partial charge on any atom is 0.348 e. The van der Waals surface area contributed by atoms with Gasteiger partial charge in [-0.25, -0.2) is 13.8 Å². The largest absolute Gasteiger partial charge is 0.383 e. The SMILES string of the molecule is CC(=O)Nc1cc(NCCOCCNC(=O)CN2CCC(n3nc(N4CCCc5cc(-c6cnn(C)c6)c(C(F)F)cc54)c4c3CCN(C(C)=O)C4)CC2)ccc1C(=O)Nc1nc(C)c([N+](=O)[O-])s1. The van der Waals surface area contributed by atoms with Crippen molar-refractivity contribution in [3.8, 4) is 11.1 Å². The summed E-state index contributed by atoms with van der Waals surface area (Å²) >= 11 is 0.741. The highest BCUT2D eigenvalue weighted by Crippen LogP contribution is 2.44. The first-order chi connectivity index (χ1) is 33.1. The Hall–Kier alpha value is -6.85. The van der Waals surface area contributed by atoms with Crippen LogP contribution in [0.4, 0.5) is 41.8 Å². The van der Waals surface area contributed by atoms with E-state index in [1.54, 1.807) is 49.2 Å². The highest BCUT2D eigenvalue weighted by atomic mass is 32.1. The standard InChI is InChI=1S/C46H55F2N13O7S/c1-27-45(61(66)67)69-46(52-27)54-44(65)34-8-7-32(21-38(34)53-28(2)62)49-12-18-68-19-13-50-41(64)26-57-15-9-33(10-16-57)60-39-11-17-58(29(3)63)25-37(39)43(55-60)59-14-5-6-30-20-35(31-23-51-56(4)24-31)36(42(47)48)22-40(30)59/h7-8,20-24,33,42,49H,5-6,9-19,25-26H2,1-4H3,(H,50,64)(H,53,62)(H,52,54,65). The van der Waals surface area contributed by atoms with Gasteiger partial charge in [0, 0.05) is 107 Å². The number of anilines is 5. The summed E-state index contributed by atoms with van der Waals surface area (Å²) in [6.07, 6.45) is 4.36. The highest BCUT2D eigenvalue weighted by molar-refractivity contribution is 7.19. The van der Waals surface area contributed by atoms with Crippen LogP contribution in [0.3, 0.4) is 0 Å². The molecule has 3 aliphatic rings. The van der Waals surface area contributed by atoms with E-state index in [4.69, 9.17) is 9.84 Å². The highest BCUT2D eigenvalue weighted by Gasteiger charge is 2.35. The van der Waals surface area contributed by atoms with Crippen molar-refractivity contribution in [2.45, 2.75) is 71.9 Å². The molecule has 0 atom stereocenters. The number of hydrogen-bond donors (Lipinski definition) is 4. The van der Waals surface area contributed by atoms with Gasteiger partial charge >= 0.3 is 5.00 Å². The van der Waals surface area contributed by atoms with E-state index in [1.165, 1.54) is 19.9 Å². The van der Waals surface area contributed by atoms with Gasteiger partial charge in [0.1, 0.15) is 5.69 Å². The molecule has 23 heteroatoms. The molecule has 4 amide bonds. The zero-order chi connectivity index (χ0) is 48.9. The lowest BCUT2D eigenvalue weighted by Gasteiger charge is -2.33. The zero-order valence-electron chi connectivity index (χ0n) is 38.8. The minimum Gasteiger partial charge on any atom is -0.383 e. The third kappa shape index (κ3) is 11.2. The molecule has 2 aromatic carbocycles. The third-order valence-corrected chi connectivity index (χ3v) is 13.6. The zero-order valence-corrected chi connectivity index (χ0v) is 39.7. The third-order valence-electron chi connectivity index (χ3n) is 12.5. The van der Waals surface area contributed by atoms with Crippen LogP contribution in [0.5, 0.6) is 0 Å². The van der Waals surface area contributed by atoms with Crippen LogP contribution in [0.1, 0.15) is 84.0 Å². The number of piperidine rings is 1. The number of nitro groups is 1. The van der Waals surface area contributed by atoms with Gasteiger partial charge in [0.05, 0.1) is 54.7 Å². The average Bonchev–Trinajstić information content (AvgIpc) is 4.04. The van der Waals surface area contributed by atoms with Crippen molar-refractivity contribution < 1.29 is 37.6 Å². The summed E-state index contributed by atoms with van der Waals surface area (Å²) in [6, 6.07) is 8.32. The van der Waals surface area contributed by atoms with Crippen LogP contribution in [-0.2, 0) is 45.6 Å². The molecule has 0 aliphatic carbocycles. The lowest BCUT2D eigenvalue weighted by atomic mass is 9.92. The second-order valence-corrected chi connectivity index (χ2v) is 18.3. The number of nitrogens with zero attached hydrogens (tertiary/aromatic N) is 9. The van der Waals surface area contributed by atoms with Gasteiger partial charge in [-0.1, -0.05) is 0 Å². The van der Waals surface area contributed by atoms with Crippen LogP contribution in [0.2, 0.25) is 0 Å². The first-order valence-corrected chi connectivity index (χ1v) is 23.7. The number of aryl methyl sites for hydroxylation is 3. The molecule has 0 saturated carbocycles. The van der Waals surface area contributed by atoms with Crippen molar-refractivity contribution in [3.63, 3.8) is 0 Å². The number of carbonyl (C=O) groups excluding carboxylic acids is 4. The molecule has 3 aliphatic heterocycles. The average molecular weight is 972 g/mol. The van der Waals surface area contributed by atoms with Crippen LogP contribution in [0.15, 0.2) is 42.7 Å². The number of nitrogens with one attached hydrogen (secondary N) is 4. The van der Waals surface area contributed by atoms with E-state index in [-0.39, 0.29) is 63.6 Å². The molecule has 1 fully saturated rings. The summed E-state index contributed by atoms with van der Waals surface area (Å²) in [5.74, 6) is -0.421. The summed E-state index contributed by atoms with van der Waals surface area (Å²) in [4.78, 5) is 71.3. The second kappa shape index (κ2) is 21.2. The number of rotatable bonds is 17. The van der Waals surface area contributed by atoms with Gasteiger partial charge in [0.25, 0.3) is 12.3 Å². The first kappa shape index (κ1) is 48.6. The molecule has 5 aromatic rings. The van der Waals surface area contributed by atoms with Crippen LogP contribution in [0.25, 0.3) is 11.1 Å². The molecule has 0 radical (unpaired) electrons. The Bertz CT molecular complexity index is 2750. The van der Waals surface area contributed by atoms with Gasteiger partial charge in [-0.05, 0) is 85.4 Å². The molecule has 1 saturated heterocycles. The van der Waals surface area contributed by atoms with E-state index in [1.807, 2.05) is 11.0 Å². The number of benzene rings is 2. The number of aromatic nitrogens is 5. The quantitative estimate of drug-likeness (QED) is 0.0479. The van der Waals surface area contributed by atoms with Crippen molar-refractivity contribution in [1.29, 1.82) is 0 Å². The fourth-order valence-corrected chi connectivity index (χ4v) is 9.99. The Balaban J connectivity index is 0.819. The van der Waals surface area contributed by atoms with Crippen LogP contribution < -0.4 is 26.2 Å². The fraction of sp³-hybridized carbons (Fsp3) is 0.457. The Morgan fingerprint density at radius 1 is 1.01 bits per heavy atom. The monoisotopic (exact) mass is 971 g/mol. The summed E-state index contributed by atoms with van der Waals surface area (Å²) in [7, 11) is 1.76. The molecule has 69 heavy (non-hydrogen) atoms. The minimum atomic E-state index is -2.70. The molecule has 20 nitrogen and oxygen atoms in total. The summed E-state index contributed by atoms with van der Waals surface area (Å²) < 4.78 is 38.9. The number of ether oxygens (including phenoxy) is 1. The van der Waals surface area contributed by atoms with Crippen molar-refractivity contribution in [2.75, 3.05) is 79.9 Å². The normalized spacial score (nSPS) is 15.2. The summed E-state index contributed by atoms with van der Waals surface area (Å²) in [6.45, 7) is 8.81. The van der Waals surface area contributed by atoms with Crippen molar-refractivity contribution in [1.82, 2.24) is 39.7 Å². The van der Waals surface area contributed by atoms with Crippen molar-refractivity contribution in [3.05, 3.63) is 86.5 Å². The van der Waals surface area contributed by atoms with Gasteiger partial charge in [0.2, 0.25) is 17.7 Å². The Morgan fingerprint density at radius 2 is 1.80 bits per heavy atom. The maximum atomic E-state index is 14.7. The number of fused-ring (bicyclic) bond motifs is 2. The second-order valence-electron chi connectivity index (χ2n) is 17.4. The van der Waals surface area contributed by atoms with E-state index in [0.29, 0.717) is 87.2 Å². The molecule has 6 heterocycles. The Labute approximate surface area is 400 Å². The summed E-state index contributed by atoms with van der Waals surface area (Å²) in [5, 5.41) is 31.9. The van der Waals surface area contributed by atoms with E-state index >= 15 is 0 Å². The number of carbonyl (C=O) groups is 4. The minimum absolute atomic E-state index is 0.0268. The van der Waals surface area contributed by atoms with Crippen LogP contribution in [-0.4, -0.2) is 122 Å². The molecule has 0 unspecified atom stereocenters. The number of likely N-dealkylation sites (tertiary alicyclic amines) is 1. The van der Waals surface area contributed by atoms with Gasteiger partial charge in [-0.2, -0.15) is 10.2 Å². The molecule has 3 aromatic heterocycles. The number of halogens is 2. The number of alkyl halides is 2. The number of thiazole rings is 1. The molecule has 8 rings (SSSR count). The Morgan fingerprint density at radius 3 is 2.49 bits per heavy atom. The predicted molar refractivity (Wildman–Crippen MR) is 255 cm³/mol. The van der Waals surface area contributed by atoms with Gasteiger partial charge in [-0.15, -0.1) is 0 Å². The van der Waals surface area contributed by atoms with Gasteiger partial charge in [0.15, 0.2) is 10.9 Å². The molecule has 0 spiro atoms. The maximum absolute atomic E-state index is 14.7. The topological polar surface area (TPSA) is 227 Å². The van der Waals surface area contributed by atoms with Crippen LogP contribution in [0, 0.1) is 17.0 Å². The molecular weight excluding hydrogens is 917 g/mol. The van der Waals surface area contributed by atoms with E-state index in [9.17, 15) is 38.1 Å². The first-order valence-electron chi connectivity index (χ1n) is 22.9. The van der Waals surface area contributed by atoms with E-state index in [2.05, 4.69) is 45.8 Å². The predicted octanol–water partition coefficient (Wildman–Crippen LogP) is 5.98. The van der Waals surface area contributed by atoms with Gasteiger partial charge < -0.3 is 30.5 Å². The Kier molecular flexibility index (Phi) is 14.9. The lowest BCUT2D eigenvalue weighted by Crippen LogP contribution is -2.43. The smallest absolute Gasteiger partial charge is 0.348 e. The molecule has 4 N–H and O–H groups in total. The fourth-order valence-electron chi connectivity index (χ4n) is 9.21. The number of amides is 4. The van der Waals surface area contributed by atoms with Crippen molar-refractivity contribution >= 4 is 68.0 Å². The number of hydrogen-bond acceptors (Lipinski definition) is 14. The van der Waals surface area contributed by atoms with E-state index < -0.39 is 23.2 Å². The van der Waals surface area contributed by atoms with Gasteiger partial charge in [-0.3, -0.25) is 48.9 Å². The van der Waals surface area contributed by atoms with Crippen LogP contribution >= 0.6 is 11.3 Å². The molecule has 366 valence electrons. The molecule has 0 bridgehead atoms. The van der Waals surface area contributed by atoms with E-state index in [0.717, 1.165) is 53.8 Å². The van der Waals surface area contributed by atoms with Crippen molar-refractivity contribution in [2.24, 2.45) is 7.05 Å².